The molecule has 0 spiro atoms. The Hall–Kier alpha value is -3.13. The molecule has 0 unspecified atom stereocenters. The first-order valence-electron chi connectivity index (χ1n) is 8.32. The Labute approximate surface area is 163 Å². The molecular formula is C19H21N5O2S. The molecule has 27 heavy (non-hydrogen) atoms. The van der Waals surface area contributed by atoms with Crippen LogP contribution < -0.4 is 20.1 Å². The van der Waals surface area contributed by atoms with E-state index in [0.29, 0.717) is 29.1 Å². The van der Waals surface area contributed by atoms with Crippen molar-refractivity contribution < 1.29 is 9.47 Å². The highest BCUT2D eigenvalue weighted by atomic mass is 32.1. The second kappa shape index (κ2) is 8.50. The first-order valence-corrected chi connectivity index (χ1v) is 8.72. The van der Waals surface area contributed by atoms with E-state index >= 15 is 0 Å². The van der Waals surface area contributed by atoms with Gasteiger partial charge in [0.05, 0.1) is 20.8 Å². The van der Waals surface area contributed by atoms with Crippen LogP contribution in [0.2, 0.25) is 0 Å². The fraction of sp³-hybridized carbons (Fsp3) is 0.211. The van der Waals surface area contributed by atoms with Gasteiger partial charge in [-0.15, -0.1) is 5.10 Å². The second-order valence-electron chi connectivity index (χ2n) is 5.94. The molecule has 2 N–H and O–H groups in total. The molecule has 1 heterocycles. The van der Waals surface area contributed by atoms with Crippen LogP contribution in [-0.4, -0.2) is 34.1 Å². The molecule has 0 fully saturated rings. The topological polar surface area (TPSA) is 73.2 Å². The fourth-order valence-corrected chi connectivity index (χ4v) is 2.78. The van der Waals surface area contributed by atoms with Crippen molar-refractivity contribution in [3.05, 3.63) is 59.9 Å². The molecule has 0 aliphatic rings. The van der Waals surface area contributed by atoms with E-state index in [1.165, 1.54) is 5.56 Å². The van der Waals surface area contributed by atoms with Gasteiger partial charge in [-0.1, -0.05) is 29.8 Å². The summed E-state index contributed by atoms with van der Waals surface area (Å²) in [5.41, 5.74) is 3.11. The number of rotatable bonds is 6. The zero-order valence-electron chi connectivity index (χ0n) is 15.4. The Kier molecular flexibility index (Phi) is 5.87. The molecule has 7 nitrogen and oxygen atoms in total. The summed E-state index contributed by atoms with van der Waals surface area (Å²) in [5.74, 6) is 1.76. The van der Waals surface area contributed by atoms with Crippen LogP contribution in [0.15, 0.2) is 48.8 Å². The molecule has 0 bridgehead atoms. The Morgan fingerprint density at radius 3 is 2.48 bits per heavy atom. The van der Waals surface area contributed by atoms with Crippen molar-refractivity contribution >= 4 is 29.0 Å². The monoisotopic (exact) mass is 383 g/mol. The van der Waals surface area contributed by atoms with Crippen LogP contribution in [-0.2, 0) is 6.54 Å². The highest BCUT2D eigenvalue weighted by Crippen LogP contribution is 2.25. The van der Waals surface area contributed by atoms with E-state index < -0.39 is 0 Å². The first kappa shape index (κ1) is 18.7. The zero-order valence-corrected chi connectivity index (χ0v) is 16.2. The minimum absolute atomic E-state index is 0.374. The molecule has 8 heteroatoms. The van der Waals surface area contributed by atoms with Crippen LogP contribution in [0.4, 0.5) is 11.6 Å². The molecule has 0 amide bonds. The lowest BCUT2D eigenvalue weighted by molar-refractivity contribution is 0.395. The molecule has 1 aromatic heterocycles. The predicted molar refractivity (Wildman–Crippen MR) is 110 cm³/mol. The normalized spacial score (nSPS) is 10.3. The van der Waals surface area contributed by atoms with Crippen LogP contribution in [0.1, 0.15) is 11.1 Å². The fourth-order valence-electron chi connectivity index (χ4n) is 2.57. The minimum atomic E-state index is 0.374. The number of benzene rings is 2. The number of aromatic nitrogens is 3. The third-order valence-corrected chi connectivity index (χ3v) is 4.00. The maximum Gasteiger partial charge on any atom is 0.248 e. The van der Waals surface area contributed by atoms with Crippen molar-refractivity contribution in [2.75, 3.05) is 24.9 Å². The van der Waals surface area contributed by atoms with Gasteiger partial charge in [-0.3, -0.25) is 5.32 Å². The molecule has 140 valence electrons. The SMILES string of the molecule is COc1cc(NC(=S)Nc2ncn(Cc3cccc(C)c3)n2)cc(OC)c1. The summed E-state index contributed by atoms with van der Waals surface area (Å²) in [7, 11) is 3.19. The molecule has 3 rings (SSSR count). The van der Waals surface area contributed by atoms with Gasteiger partial charge in [-0.05, 0) is 24.7 Å². The maximum absolute atomic E-state index is 5.34. The zero-order chi connectivity index (χ0) is 19.2. The first-order chi connectivity index (χ1) is 13.1. The van der Waals surface area contributed by atoms with Gasteiger partial charge >= 0.3 is 0 Å². The Balaban J connectivity index is 1.62. The van der Waals surface area contributed by atoms with E-state index in [1.54, 1.807) is 31.3 Å². The molecule has 0 aliphatic carbocycles. The summed E-state index contributed by atoms with van der Waals surface area (Å²) in [5, 5.41) is 10.8. The highest BCUT2D eigenvalue weighted by Gasteiger charge is 2.07. The highest BCUT2D eigenvalue weighted by molar-refractivity contribution is 7.80. The Morgan fingerprint density at radius 1 is 1.07 bits per heavy atom. The lowest BCUT2D eigenvalue weighted by Gasteiger charge is -2.11. The van der Waals surface area contributed by atoms with Crippen LogP contribution in [0.3, 0.4) is 0 Å². The van der Waals surface area contributed by atoms with Gasteiger partial charge in [0.15, 0.2) is 5.11 Å². The van der Waals surface area contributed by atoms with Crippen molar-refractivity contribution in [2.24, 2.45) is 0 Å². The predicted octanol–water partition coefficient (Wildman–Crippen LogP) is 3.46. The molecule has 0 atom stereocenters. The third-order valence-electron chi connectivity index (χ3n) is 3.80. The average Bonchev–Trinajstić information content (AvgIpc) is 3.07. The lowest BCUT2D eigenvalue weighted by Crippen LogP contribution is -2.20. The van der Waals surface area contributed by atoms with Gasteiger partial charge < -0.3 is 14.8 Å². The molecule has 3 aromatic rings. The number of ether oxygens (including phenoxy) is 2. The van der Waals surface area contributed by atoms with Crippen molar-refractivity contribution in [1.29, 1.82) is 0 Å². The minimum Gasteiger partial charge on any atom is -0.497 e. The quantitative estimate of drug-likeness (QED) is 0.632. The number of hydrogen-bond donors (Lipinski definition) is 2. The van der Waals surface area contributed by atoms with E-state index in [9.17, 15) is 0 Å². The number of aryl methyl sites for hydroxylation is 1. The summed E-state index contributed by atoms with van der Waals surface area (Å²) >= 11 is 5.34. The van der Waals surface area contributed by atoms with Crippen molar-refractivity contribution in [2.45, 2.75) is 13.5 Å². The van der Waals surface area contributed by atoms with E-state index in [2.05, 4.69) is 45.8 Å². The third kappa shape index (κ3) is 5.18. The number of nitrogens with zero attached hydrogens (tertiary/aromatic N) is 3. The smallest absolute Gasteiger partial charge is 0.248 e. The maximum atomic E-state index is 5.34. The molecule has 0 radical (unpaired) electrons. The van der Waals surface area contributed by atoms with Crippen molar-refractivity contribution in [3.63, 3.8) is 0 Å². The van der Waals surface area contributed by atoms with Gasteiger partial charge in [-0.25, -0.2) is 9.67 Å². The summed E-state index contributed by atoms with van der Waals surface area (Å²) in [6.45, 7) is 2.71. The molecule has 0 aliphatic heterocycles. The van der Waals surface area contributed by atoms with Crippen LogP contribution in [0, 0.1) is 6.92 Å². The summed E-state index contributed by atoms with van der Waals surface area (Å²) in [6.07, 6.45) is 1.67. The van der Waals surface area contributed by atoms with E-state index in [4.69, 9.17) is 21.7 Å². The van der Waals surface area contributed by atoms with E-state index in [1.807, 2.05) is 18.2 Å². The van der Waals surface area contributed by atoms with Crippen LogP contribution in [0.5, 0.6) is 11.5 Å². The number of methoxy groups -OCH3 is 2. The standard InChI is InChI=1S/C19H21N5O2S/c1-13-5-4-6-14(7-13)11-24-12-20-18(23-24)22-19(27)21-15-8-16(25-2)10-17(9-15)26-3/h4-10,12H,11H2,1-3H3,(H2,21,22,23,27). The second-order valence-corrected chi connectivity index (χ2v) is 6.34. The van der Waals surface area contributed by atoms with Gasteiger partial charge in [-0.2, -0.15) is 0 Å². The molecular weight excluding hydrogens is 362 g/mol. The molecule has 2 aromatic carbocycles. The number of anilines is 2. The average molecular weight is 383 g/mol. The summed E-state index contributed by atoms with van der Waals surface area (Å²) in [4.78, 5) is 4.25. The van der Waals surface area contributed by atoms with Gasteiger partial charge in [0.1, 0.15) is 17.8 Å². The van der Waals surface area contributed by atoms with Crippen molar-refractivity contribution in [1.82, 2.24) is 14.8 Å². The lowest BCUT2D eigenvalue weighted by atomic mass is 10.1. The van der Waals surface area contributed by atoms with Gasteiger partial charge in [0, 0.05) is 23.9 Å². The Morgan fingerprint density at radius 2 is 1.81 bits per heavy atom. The van der Waals surface area contributed by atoms with E-state index in [0.717, 1.165) is 11.3 Å². The summed E-state index contributed by atoms with van der Waals surface area (Å²) in [6, 6.07) is 13.7. The molecule has 0 saturated carbocycles. The van der Waals surface area contributed by atoms with E-state index in [-0.39, 0.29) is 0 Å². The van der Waals surface area contributed by atoms with Crippen LogP contribution >= 0.6 is 12.2 Å². The largest absolute Gasteiger partial charge is 0.497 e. The van der Waals surface area contributed by atoms with Gasteiger partial charge in [0.2, 0.25) is 5.95 Å². The molecule has 0 saturated heterocycles. The number of hydrogen-bond acceptors (Lipinski definition) is 5. The summed E-state index contributed by atoms with van der Waals surface area (Å²) < 4.78 is 12.3. The number of thiocarbonyl (C=S) groups is 1. The van der Waals surface area contributed by atoms with Crippen molar-refractivity contribution in [3.8, 4) is 11.5 Å². The van der Waals surface area contributed by atoms with Gasteiger partial charge in [0.25, 0.3) is 0 Å². The number of nitrogens with one attached hydrogen (secondary N) is 2. The Bertz CT molecular complexity index is 919. The van der Waals surface area contributed by atoms with Crippen LogP contribution in [0.25, 0.3) is 0 Å².